The third kappa shape index (κ3) is 4.93. The molecule has 184 valence electrons. The third-order valence-corrected chi connectivity index (χ3v) is 7.71. The van der Waals surface area contributed by atoms with E-state index in [9.17, 15) is 9.90 Å². The topological polar surface area (TPSA) is 68.2 Å². The van der Waals surface area contributed by atoms with Gasteiger partial charge in [-0.05, 0) is 71.9 Å². The number of nitrogens with zero attached hydrogens (tertiary/aromatic N) is 1. The summed E-state index contributed by atoms with van der Waals surface area (Å²) < 4.78 is 16.9. The van der Waals surface area contributed by atoms with Crippen LogP contribution in [0.2, 0.25) is 0 Å². The van der Waals surface area contributed by atoms with Crippen molar-refractivity contribution < 1.29 is 24.1 Å². The number of cyclic esters (lactones) is 1. The fourth-order valence-corrected chi connectivity index (χ4v) is 5.82. The van der Waals surface area contributed by atoms with Crippen LogP contribution in [-0.4, -0.2) is 50.3 Å². The Labute approximate surface area is 202 Å². The van der Waals surface area contributed by atoms with Gasteiger partial charge in [0.25, 0.3) is 0 Å². The summed E-state index contributed by atoms with van der Waals surface area (Å²) in [4.78, 5) is 13.5. The number of aryl methyl sites for hydroxylation is 1. The van der Waals surface area contributed by atoms with Crippen molar-refractivity contribution in [1.29, 1.82) is 0 Å². The Morgan fingerprint density at radius 2 is 1.76 bits per heavy atom. The SMILES string of the molecule is COc1ccc(C(C)(C)[C@H]2[C@H](C)[C@H](CCc3ccc(N4CCOC4=O)cc3)O[C@@H]2CCO)cc1. The Morgan fingerprint density at radius 1 is 1.06 bits per heavy atom. The Hall–Kier alpha value is -2.57. The molecule has 6 heteroatoms. The number of carbonyl (C=O) groups excluding carboxylic acids is 1. The molecule has 0 unspecified atom stereocenters. The molecule has 2 aromatic rings. The van der Waals surface area contributed by atoms with Crippen molar-refractivity contribution in [3.63, 3.8) is 0 Å². The standard InChI is InChI=1S/C28H37NO5/c1-19-24(14-7-20-5-10-22(11-6-20)29-16-18-33-27(29)31)34-25(15-17-30)26(19)28(2,3)21-8-12-23(32-4)13-9-21/h5-6,8-13,19,24-26,30H,7,14-18H2,1-4H3/t19-,24+,25-,26+/m1/s1. The number of methoxy groups -OCH3 is 1. The lowest BCUT2D eigenvalue weighted by atomic mass is 9.65. The molecule has 4 rings (SSSR count). The van der Waals surface area contributed by atoms with E-state index in [1.54, 1.807) is 12.0 Å². The van der Waals surface area contributed by atoms with Crippen molar-refractivity contribution in [3.8, 4) is 5.75 Å². The van der Waals surface area contributed by atoms with Crippen LogP contribution in [0.4, 0.5) is 10.5 Å². The fraction of sp³-hybridized carbons (Fsp3) is 0.536. The van der Waals surface area contributed by atoms with Crippen LogP contribution < -0.4 is 9.64 Å². The maximum atomic E-state index is 11.8. The summed E-state index contributed by atoms with van der Waals surface area (Å²) >= 11 is 0. The summed E-state index contributed by atoms with van der Waals surface area (Å²) in [5.74, 6) is 1.50. The Morgan fingerprint density at radius 3 is 2.35 bits per heavy atom. The van der Waals surface area contributed by atoms with E-state index < -0.39 is 0 Å². The van der Waals surface area contributed by atoms with Gasteiger partial charge < -0.3 is 19.3 Å². The lowest BCUT2D eigenvalue weighted by Gasteiger charge is -2.38. The van der Waals surface area contributed by atoms with Gasteiger partial charge in [0, 0.05) is 12.3 Å². The van der Waals surface area contributed by atoms with Crippen molar-refractivity contribution in [1.82, 2.24) is 0 Å². The lowest BCUT2D eigenvalue weighted by molar-refractivity contribution is 0.00629. The minimum absolute atomic E-state index is 0.0191. The molecule has 2 aliphatic rings. The van der Waals surface area contributed by atoms with Gasteiger partial charge in [-0.15, -0.1) is 0 Å². The molecule has 0 radical (unpaired) electrons. The minimum Gasteiger partial charge on any atom is -0.497 e. The molecule has 4 atom stereocenters. The van der Waals surface area contributed by atoms with Gasteiger partial charge in [-0.1, -0.05) is 45.0 Å². The second-order valence-corrected chi connectivity index (χ2v) is 10.0. The number of rotatable bonds is 9. The number of aliphatic hydroxyl groups excluding tert-OH is 1. The molecule has 2 heterocycles. The van der Waals surface area contributed by atoms with Gasteiger partial charge in [0.2, 0.25) is 0 Å². The number of hydrogen-bond donors (Lipinski definition) is 1. The zero-order valence-electron chi connectivity index (χ0n) is 20.7. The van der Waals surface area contributed by atoms with Crippen LogP contribution in [0.3, 0.4) is 0 Å². The van der Waals surface area contributed by atoms with Crippen molar-refractivity contribution in [2.45, 2.75) is 57.7 Å². The lowest BCUT2D eigenvalue weighted by Crippen LogP contribution is -2.38. The second kappa shape index (κ2) is 10.4. The summed E-state index contributed by atoms with van der Waals surface area (Å²) in [6, 6.07) is 16.5. The van der Waals surface area contributed by atoms with E-state index in [1.165, 1.54) is 11.1 Å². The highest BCUT2D eigenvalue weighted by Gasteiger charge is 2.49. The normalized spacial score (nSPS) is 25.0. The first kappa shape index (κ1) is 24.6. The van der Waals surface area contributed by atoms with E-state index in [0.717, 1.165) is 24.3 Å². The first-order valence-corrected chi connectivity index (χ1v) is 12.3. The fourth-order valence-electron chi connectivity index (χ4n) is 5.82. The quantitative estimate of drug-likeness (QED) is 0.564. The van der Waals surface area contributed by atoms with E-state index in [4.69, 9.17) is 14.2 Å². The van der Waals surface area contributed by atoms with Crippen LogP contribution in [0.15, 0.2) is 48.5 Å². The molecule has 34 heavy (non-hydrogen) atoms. The summed E-state index contributed by atoms with van der Waals surface area (Å²) in [7, 11) is 1.68. The van der Waals surface area contributed by atoms with Crippen LogP contribution in [0.25, 0.3) is 0 Å². The zero-order chi connectivity index (χ0) is 24.3. The smallest absolute Gasteiger partial charge is 0.414 e. The van der Waals surface area contributed by atoms with E-state index in [-0.39, 0.29) is 30.3 Å². The summed E-state index contributed by atoms with van der Waals surface area (Å²) in [5.41, 5.74) is 3.25. The van der Waals surface area contributed by atoms with Crippen LogP contribution in [0, 0.1) is 11.8 Å². The predicted octanol–water partition coefficient (Wildman–Crippen LogP) is 4.96. The average molecular weight is 468 g/mol. The summed E-state index contributed by atoms with van der Waals surface area (Å²) in [6.45, 7) is 8.03. The number of carbonyl (C=O) groups is 1. The highest BCUT2D eigenvalue weighted by Crippen LogP contribution is 2.47. The molecule has 0 aromatic heterocycles. The van der Waals surface area contributed by atoms with E-state index in [0.29, 0.717) is 31.4 Å². The number of benzene rings is 2. The maximum Gasteiger partial charge on any atom is 0.414 e. The predicted molar refractivity (Wildman–Crippen MR) is 132 cm³/mol. The van der Waals surface area contributed by atoms with Crippen LogP contribution >= 0.6 is 0 Å². The molecule has 2 saturated heterocycles. The molecule has 0 saturated carbocycles. The van der Waals surface area contributed by atoms with Gasteiger partial charge in [0.05, 0.1) is 25.9 Å². The Kier molecular flexibility index (Phi) is 7.48. The van der Waals surface area contributed by atoms with Gasteiger partial charge in [0.15, 0.2) is 0 Å². The highest BCUT2D eigenvalue weighted by molar-refractivity contribution is 5.89. The van der Waals surface area contributed by atoms with Gasteiger partial charge in [-0.3, -0.25) is 4.90 Å². The van der Waals surface area contributed by atoms with Gasteiger partial charge >= 0.3 is 6.09 Å². The van der Waals surface area contributed by atoms with Crippen LogP contribution in [0.1, 0.15) is 44.7 Å². The number of anilines is 1. The molecule has 0 bridgehead atoms. The minimum atomic E-state index is -0.277. The van der Waals surface area contributed by atoms with Crippen molar-refractivity contribution in [3.05, 3.63) is 59.7 Å². The number of aliphatic hydroxyl groups is 1. The number of ether oxygens (including phenoxy) is 3. The monoisotopic (exact) mass is 467 g/mol. The Bertz CT molecular complexity index is 956. The average Bonchev–Trinajstić information content (AvgIpc) is 3.41. The molecular weight excluding hydrogens is 430 g/mol. The van der Waals surface area contributed by atoms with E-state index in [2.05, 4.69) is 45.0 Å². The third-order valence-electron chi connectivity index (χ3n) is 7.71. The highest BCUT2D eigenvalue weighted by atomic mass is 16.6. The van der Waals surface area contributed by atoms with Gasteiger partial charge in [-0.25, -0.2) is 4.79 Å². The molecule has 0 aliphatic carbocycles. The molecule has 1 N–H and O–H groups in total. The molecule has 1 amide bonds. The van der Waals surface area contributed by atoms with Gasteiger partial charge in [0.1, 0.15) is 12.4 Å². The van der Waals surface area contributed by atoms with Gasteiger partial charge in [-0.2, -0.15) is 0 Å². The molecule has 0 spiro atoms. The van der Waals surface area contributed by atoms with E-state index in [1.807, 2.05) is 24.3 Å². The van der Waals surface area contributed by atoms with Crippen molar-refractivity contribution in [2.75, 3.05) is 31.8 Å². The largest absolute Gasteiger partial charge is 0.497 e. The first-order valence-electron chi connectivity index (χ1n) is 12.3. The Balaban J connectivity index is 1.44. The molecule has 2 aliphatic heterocycles. The molecule has 6 nitrogen and oxygen atoms in total. The number of hydrogen-bond acceptors (Lipinski definition) is 5. The van der Waals surface area contributed by atoms with Crippen molar-refractivity contribution >= 4 is 11.8 Å². The summed E-state index contributed by atoms with van der Waals surface area (Å²) in [6.07, 6.45) is 2.34. The first-order chi connectivity index (χ1) is 16.3. The molecule has 2 aromatic carbocycles. The maximum absolute atomic E-state index is 11.8. The van der Waals surface area contributed by atoms with Crippen molar-refractivity contribution in [2.24, 2.45) is 11.8 Å². The second-order valence-electron chi connectivity index (χ2n) is 10.0. The zero-order valence-corrected chi connectivity index (χ0v) is 20.7. The van der Waals surface area contributed by atoms with E-state index >= 15 is 0 Å². The van der Waals surface area contributed by atoms with Crippen LogP contribution in [0.5, 0.6) is 5.75 Å². The molecule has 2 fully saturated rings. The summed E-state index contributed by atoms with van der Waals surface area (Å²) in [5, 5.41) is 9.73. The van der Waals surface area contributed by atoms with Crippen LogP contribution in [-0.2, 0) is 21.3 Å². The molecular formula is C28H37NO5. The number of amides is 1.